The van der Waals surface area contributed by atoms with Gasteiger partial charge in [0.1, 0.15) is 12.2 Å². The predicted octanol–water partition coefficient (Wildman–Crippen LogP) is 1.97. The average molecular weight is 369 g/mol. The number of benzene rings is 1. The van der Waals surface area contributed by atoms with Crippen LogP contribution in [0.1, 0.15) is 29.1 Å². The smallest absolute Gasteiger partial charge is 0.251 e. The Morgan fingerprint density at radius 1 is 1.30 bits per heavy atom. The van der Waals surface area contributed by atoms with Crippen LogP contribution in [0.3, 0.4) is 0 Å². The minimum Gasteiger partial charge on any atom is -0.360 e. The van der Waals surface area contributed by atoms with Crippen LogP contribution in [0.15, 0.2) is 36.8 Å². The number of anilines is 1. The van der Waals surface area contributed by atoms with Crippen LogP contribution in [0.4, 0.5) is 10.2 Å². The molecule has 0 radical (unpaired) electrons. The fraction of sp³-hybridized carbons (Fsp3) is 0.278. The molecule has 140 valence electrons. The maximum atomic E-state index is 13.8. The number of carbonyl (C=O) groups is 1. The van der Waals surface area contributed by atoms with Crippen molar-refractivity contribution < 1.29 is 9.18 Å². The first-order valence-corrected chi connectivity index (χ1v) is 8.32. The number of hydrogen-bond donors (Lipinski definition) is 1. The Morgan fingerprint density at radius 2 is 2.07 bits per heavy atom. The van der Waals surface area contributed by atoms with Crippen molar-refractivity contribution in [3.05, 3.63) is 54.0 Å². The van der Waals surface area contributed by atoms with Gasteiger partial charge in [0.15, 0.2) is 17.5 Å². The summed E-state index contributed by atoms with van der Waals surface area (Å²) in [6.07, 6.45) is 2.56. The van der Waals surface area contributed by atoms with Crippen molar-refractivity contribution in [2.45, 2.75) is 13.0 Å². The first-order chi connectivity index (χ1) is 12.9. The minimum atomic E-state index is -0.504. The fourth-order valence-corrected chi connectivity index (χ4v) is 2.65. The van der Waals surface area contributed by atoms with Gasteiger partial charge in [-0.1, -0.05) is 12.1 Å². The van der Waals surface area contributed by atoms with Crippen LogP contribution in [0.2, 0.25) is 0 Å². The molecule has 1 amide bonds. The van der Waals surface area contributed by atoms with Gasteiger partial charge in [0, 0.05) is 32.3 Å². The third-order valence-corrected chi connectivity index (χ3v) is 4.01. The Bertz CT molecular complexity index is 970. The van der Waals surface area contributed by atoms with E-state index in [-0.39, 0.29) is 17.8 Å². The summed E-state index contributed by atoms with van der Waals surface area (Å²) in [4.78, 5) is 26.6. The second kappa shape index (κ2) is 7.48. The zero-order valence-electron chi connectivity index (χ0n) is 15.5. The monoisotopic (exact) mass is 369 g/mol. The number of rotatable bonds is 5. The number of nitrogens with zero attached hydrogens (tertiary/aromatic N) is 6. The predicted molar refractivity (Wildman–Crippen MR) is 98.6 cm³/mol. The average Bonchev–Trinajstić information content (AvgIpc) is 3.08. The molecule has 9 heteroatoms. The third kappa shape index (κ3) is 3.91. The lowest BCUT2D eigenvalue weighted by Gasteiger charge is -2.14. The summed E-state index contributed by atoms with van der Waals surface area (Å²) >= 11 is 0. The van der Waals surface area contributed by atoms with Crippen LogP contribution in [0, 0.1) is 5.82 Å². The van der Waals surface area contributed by atoms with E-state index in [0.717, 1.165) is 6.20 Å². The lowest BCUT2D eigenvalue weighted by Crippen LogP contribution is -2.28. The van der Waals surface area contributed by atoms with Gasteiger partial charge in [0.25, 0.3) is 5.91 Å². The molecular weight excluding hydrogens is 349 g/mol. The summed E-state index contributed by atoms with van der Waals surface area (Å²) in [6, 6.07) is 6.56. The van der Waals surface area contributed by atoms with Gasteiger partial charge in [-0.15, -0.1) is 0 Å². The van der Waals surface area contributed by atoms with Gasteiger partial charge in [-0.2, -0.15) is 5.10 Å². The molecular formula is C18H20FN7O. The fourth-order valence-electron chi connectivity index (χ4n) is 2.65. The van der Waals surface area contributed by atoms with Crippen LogP contribution in [-0.4, -0.2) is 44.7 Å². The Kier molecular flexibility index (Phi) is 5.11. The molecule has 0 bridgehead atoms. The molecule has 0 aliphatic heterocycles. The highest BCUT2D eigenvalue weighted by Gasteiger charge is 2.16. The molecule has 27 heavy (non-hydrogen) atoms. The number of hydrogen-bond acceptors (Lipinski definition) is 6. The number of aromatic nitrogens is 5. The molecule has 1 atom stereocenters. The number of amides is 1. The van der Waals surface area contributed by atoms with Gasteiger partial charge in [-0.05, 0) is 19.1 Å². The molecule has 0 spiro atoms. The zero-order valence-corrected chi connectivity index (χ0v) is 15.5. The molecule has 8 nitrogen and oxygen atoms in total. The van der Waals surface area contributed by atoms with Crippen LogP contribution < -0.4 is 10.2 Å². The Labute approximate surface area is 156 Å². The van der Waals surface area contributed by atoms with E-state index in [1.165, 1.54) is 6.33 Å². The van der Waals surface area contributed by atoms with E-state index in [4.69, 9.17) is 0 Å². The van der Waals surface area contributed by atoms with Gasteiger partial charge >= 0.3 is 0 Å². The second-order valence-corrected chi connectivity index (χ2v) is 6.28. The summed E-state index contributed by atoms with van der Waals surface area (Å²) in [6.45, 7) is 1.83. The van der Waals surface area contributed by atoms with Crippen LogP contribution >= 0.6 is 0 Å². The largest absolute Gasteiger partial charge is 0.360 e. The van der Waals surface area contributed by atoms with Gasteiger partial charge in [-0.3, -0.25) is 9.48 Å². The molecule has 3 aromatic rings. The minimum absolute atomic E-state index is 0.186. The molecule has 0 saturated heterocycles. The lowest BCUT2D eigenvalue weighted by molar-refractivity contribution is 0.0937. The maximum Gasteiger partial charge on any atom is 0.251 e. The second-order valence-electron chi connectivity index (χ2n) is 6.28. The summed E-state index contributed by atoms with van der Waals surface area (Å²) < 4.78 is 15.4. The Balaban J connectivity index is 1.84. The standard InChI is InChI=1S/C18H20FN7O/c1-11(16-21-10-22-26(16)4)23-18(27)13-7-5-6-12(8-13)15-20-9-14(19)17(24-15)25(2)3/h5-11H,1-4H3,(H,23,27)/t11-/m0/s1. The highest BCUT2D eigenvalue weighted by Crippen LogP contribution is 2.21. The summed E-state index contributed by atoms with van der Waals surface area (Å²) in [7, 11) is 5.17. The zero-order chi connectivity index (χ0) is 19.6. The van der Waals surface area contributed by atoms with Crippen LogP contribution in [0.25, 0.3) is 11.4 Å². The number of aryl methyl sites for hydroxylation is 1. The number of carbonyl (C=O) groups excluding carboxylic acids is 1. The molecule has 2 heterocycles. The van der Waals surface area contributed by atoms with E-state index in [2.05, 4.69) is 25.4 Å². The molecule has 0 aliphatic carbocycles. The van der Waals surface area contributed by atoms with Crippen LogP contribution in [-0.2, 0) is 7.05 Å². The summed E-state index contributed by atoms with van der Waals surface area (Å²) in [5, 5.41) is 6.89. The molecule has 1 aromatic carbocycles. The molecule has 3 rings (SSSR count). The molecule has 0 unspecified atom stereocenters. The normalized spacial score (nSPS) is 11.9. The molecule has 0 aliphatic rings. The van der Waals surface area contributed by atoms with E-state index in [0.29, 0.717) is 22.8 Å². The SMILES string of the molecule is C[C@H](NC(=O)c1cccc(-c2ncc(F)c(N(C)C)n2)c1)c1ncnn1C. The third-order valence-electron chi connectivity index (χ3n) is 4.01. The van der Waals surface area contributed by atoms with E-state index < -0.39 is 5.82 Å². The van der Waals surface area contributed by atoms with Crippen molar-refractivity contribution in [2.75, 3.05) is 19.0 Å². The van der Waals surface area contributed by atoms with Crippen molar-refractivity contribution in [2.24, 2.45) is 7.05 Å². The van der Waals surface area contributed by atoms with Crippen molar-refractivity contribution in [3.63, 3.8) is 0 Å². The van der Waals surface area contributed by atoms with Crippen molar-refractivity contribution in [3.8, 4) is 11.4 Å². The Morgan fingerprint density at radius 3 is 2.74 bits per heavy atom. The van der Waals surface area contributed by atoms with Crippen molar-refractivity contribution in [1.29, 1.82) is 0 Å². The Hall–Kier alpha value is -3.36. The molecule has 2 aromatic heterocycles. The van der Waals surface area contributed by atoms with Crippen LogP contribution in [0.5, 0.6) is 0 Å². The highest BCUT2D eigenvalue weighted by molar-refractivity contribution is 5.95. The highest BCUT2D eigenvalue weighted by atomic mass is 19.1. The van der Waals surface area contributed by atoms with Gasteiger partial charge in [-0.25, -0.2) is 19.3 Å². The van der Waals surface area contributed by atoms with Crippen molar-refractivity contribution >= 4 is 11.7 Å². The number of halogens is 1. The molecule has 0 saturated carbocycles. The lowest BCUT2D eigenvalue weighted by atomic mass is 10.1. The number of nitrogens with one attached hydrogen (secondary N) is 1. The molecule has 1 N–H and O–H groups in total. The van der Waals surface area contributed by atoms with E-state index in [1.807, 2.05) is 6.92 Å². The van der Waals surface area contributed by atoms with Gasteiger partial charge in [0.2, 0.25) is 0 Å². The van der Waals surface area contributed by atoms with Gasteiger partial charge < -0.3 is 10.2 Å². The maximum absolute atomic E-state index is 13.8. The van der Waals surface area contributed by atoms with Gasteiger partial charge in [0.05, 0.1) is 12.2 Å². The topological polar surface area (TPSA) is 88.8 Å². The first kappa shape index (κ1) is 18.4. The van der Waals surface area contributed by atoms with E-state index in [9.17, 15) is 9.18 Å². The van der Waals surface area contributed by atoms with E-state index >= 15 is 0 Å². The van der Waals surface area contributed by atoms with Crippen molar-refractivity contribution in [1.82, 2.24) is 30.0 Å². The van der Waals surface area contributed by atoms with E-state index in [1.54, 1.807) is 55.0 Å². The molecule has 0 fully saturated rings. The summed E-state index contributed by atoms with van der Waals surface area (Å²) in [5.74, 6) is 0.413. The first-order valence-electron chi connectivity index (χ1n) is 8.32. The summed E-state index contributed by atoms with van der Waals surface area (Å²) in [5.41, 5.74) is 1.07. The quantitative estimate of drug-likeness (QED) is 0.740.